The summed E-state index contributed by atoms with van der Waals surface area (Å²) in [6.07, 6.45) is 5.41. The molecule has 0 unspecified atom stereocenters. The van der Waals surface area contributed by atoms with Gasteiger partial charge in [0.05, 0.1) is 5.60 Å². The van der Waals surface area contributed by atoms with Crippen LogP contribution in [0.5, 0.6) is 0 Å². The number of nitrogens with zero attached hydrogens (tertiary/aromatic N) is 1. The fourth-order valence-electron chi connectivity index (χ4n) is 2.27. The van der Waals surface area contributed by atoms with Crippen LogP contribution in [-0.4, -0.2) is 22.2 Å². The number of hydrogen-bond donors (Lipinski definition) is 2. The Morgan fingerprint density at radius 1 is 1.40 bits per heavy atom. The maximum atomic E-state index is 10.00. The third kappa shape index (κ3) is 2.36. The van der Waals surface area contributed by atoms with Crippen LogP contribution in [0.2, 0.25) is 0 Å². The smallest absolute Gasteiger partial charge is 0.0769 e. The topological polar surface area (TPSA) is 59.1 Å². The summed E-state index contributed by atoms with van der Waals surface area (Å²) in [5.74, 6) is 0.498. The first-order valence-electron chi connectivity index (χ1n) is 5.57. The van der Waals surface area contributed by atoms with Crippen molar-refractivity contribution in [2.45, 2.75) is 37.2 Å². The number of hydrogen-bond acceptors (Lipinski definition) is 3. The zero-order chi connectivity index (χ0) is 10.7. The highest BCUT2D eigenvalue weighted by atomic mass is 16.3. The van der Waals surface area contributed by atoms with Gasteiger partial charge in [0.2, 0.25) is 0 Å². The second-order valence-corrected chi connectivity index (χ2v) is 4.46. The summed E-state index contributed by atoms with van der Waals surface area (Å²) in [4.78, 5) is 4.36. The van der Waals surface area contributed by atoms with Gasteiger partial charge in [-0.15, -0.1) is 0 Å². The van der Waals surface area contributed by atoms with Gasteiger partial charge in [0.25, 0.3) is 0 Å². The number of pyridine rings is 1. The molecule has 0 aromatic carbocycles. The fraction of sp³-hybridized carbons (Fsp3) is 0.583. The van der Waals surface area contributed by atoms with Crippen molar-refractivity contribution in [1.29, 1.82) is 0 Å². The van der Waals surface area contributed by atoms with Gasteiger partial charge in [0.1, 0.15) is 0 Å². The largest absolute Gasteiger partial charge is 0.389 e. The molecule has 0 bridgehead atoms. The van der Waals surface area contributed by atoms with Crippen LogP contribution >= 0.6 is 0 Å². The first kappa shape index (κ1) is 10.6. The van der Waals surface area contributed by atoms with E-state index in [0.29, 0.717) is 12.5 Å². The molecule has 0 atom stereocenters. The predicted octanol–water partition coefficient (Wildman–Crippen LogP) is 1.43. The van der Waals surface area contributed by atoms with Crippen molar-refractivity contribution in [2.75, 3.05) is 6.54 Å². The molecule has 1 aromatic heterocycles. The lowest BCUT2D eigenvalue weighted by Crippen LogP contribution is -2.40. The molecule has 1 aliphatic rings. The minimum absolute atomic E-state index is 0.377. The van der Waals surface area contributed by atoms with Crippen molar-refractivity contribution in [2.24, 2.45) is 5.73 Å². The lowest BCUT2D eigenvalue weighted by Gasteiger charge is -2.34. The lowest BCUT2D eigenvalue weighted by molar-refractivity contribution is 0.00734. The Morgan fingerprint density at radius 3 is 2.67 bits per heavy atom. The highest BCUT2D eigenvalue weighted by Gasteiger charge is 2.32. The number of nitrogens with two attached hydrogens (primary N) is 1. The van der Waals surface area contributed by atoms with Crippen LogP contribution in [0.15, 0.2) is 24.4 Å². The molecule has 0 spiro atoms. The van der Waals surface area contributed by atoms with Crippen LogP contribution in [0.3, 0.4) is 0 Å². The quantitative estimate of drug-likeness (QED) is 0.769. The monoisotopic (exact) mass is 206 g/mol. The van der Waals surface area contributed by atoms with Gasteiger partial charge in [-0.05, 0) is 37.8 Å². The maximum absolute atomic E-state index is 10.00. The van der Waals surface area contributed by atoms with Gasteiger partial charge in [-0.3, -0.25) is 4.98 Å². The van der Waals surface area contributed by atoms with E-state index in [1.54, 1.807) is 0 Å². The molecule has 0 radical (unpaired) electrons. The van der Waals surface area contributed by atoms with Gasteiger partial charge in [0.15, 0.2) is 0 Å². The van der Waals surface area contributed by atoms with E-state index in [-0.39, 0.29) is 0 Å². The van der Waals surface area contributed by atoms with Crippen molar-refractivity contribution in [3.8, 4) is 0 Å². The number of aromatic nitrogens is 1. The molecular formula is C12H18N2O. The predicted molar refractivity (Wildman–Crippen MR) is 59.5 cm³/mol. The Morgan fingerprint density at radius 2 is 2.13 bits per heavy atom. The van der Waals surface area contributed by atoms with E-state index in [4.69, 9.17) is 5.73 Å². The Kier molecular flexibility index (Phi) is 3.03. The summed E-state index contributed by atoms with van der Waals surface area (Å²) < 4.78 is 0. The van der Waals surface area contributed by atoms with Crippen molar-refractivity contribution < 1.29 is 5.11 Å². The minimum atomic E-state index is -0.620. The van der Waals surface area contributed by atoms with E-state index >= 15 is 0 Å². The van der Waals surface area contributed by atoms with Gasteiger partial charge in [-0.2, -0.15) is 0 Å². The molecule has 3 nitrogen and oxygen atoms in total. The van der Waals surface area contributed by atoms with Crippen molar-refractivity contribution in [3.63, 3.8) is 0 Å². The molecule has 1 fully saturated rings. The second-order valence-electron chi connectivity index (χ2n) is 4.46. The van der Waals surface area contributed by atoms with E-state index in [9.17, 15) is 5.11 Å². The van der Waals surface area contributed by atoms with Crippen LogP contribution in [0.1, 0.15) is 37.3 Å². The molecule has 1 aliphatic carbocycles. The second kappa shape index (κ2) is 4.29. The Hall–Kier alpha value is -0.930. The molecule has 82 valence electrons. The fourth-order valence-corrected chi connectivity index (χ4v) is 2.27. The number of rotatable bonds is 2. The highest BCUT2D eigenvalue weighted by Crippen LogP contribution is 2.36. The molecule has 15 heavy (non-hydrogen) atoms. The Labute approximate surface area is 90.3 Å². The summed E-state index contributed by atoms with van der Waals surface area (Å²) in [6, 6.07) is 6.02. The van der Waals surface area contributed by atoms with Crippen molar-refractivity contribution >= 4 is 0 Å². The van der Waals surface area contributed by atoms with Crippen LogP contribution in [0.4, 0.5) is 0 Å². The first-order chi connectivity index (χ1) is 7.23. The maximum Gasteiger partial charge on any atom is 0.0769 e. The lowest BCUT2D eigenvalue weighted by atomic mass is 9.77. The van der Waals surface area contributed by atoms with Crippen LogP contribution in [0.25, 0.3) is 0 Å². The molecule has 2 rings (SSSR count). The van der Waals surface area contributed by atoms with Crippen LogP contribution < -0.4 is 5.73 Å². The zero-order valence-corrected chi connectivity index (χ0v) is 8.89. The van der Waals surface area contributed by atoms with E-state index in [0.717, 1.165) is 31.4 Å². The van der Waals surface area contributed by atoms with E-state index in [1.807, 2.05) is 18.3 Å². The summed E-state index contributed by atoms with van der Waals surface area (Å²) in [5, 5.41) is 10.00. The van der Waals surface area contributed by atoms with Gasteiger partial charge in [0, 0.05) is 24.4 Å². The van der Waals surface area contributed by atoms with Crippen molar-refractivity contribution in [1.82, 2.24) is 4.98 Å². The SMILES string of the molecule is NCC1(O)CCC(c2ccccn2)CC1. The van der Waals surface area contributed by atoms with Gasteiger partial charge >= 0.3 is 0 Å². The van der Waals surface area contributed by atoms with Crippen molar-refractivity contribution in [3.05, 3.63) is 30.1 Å². The first-order valence-corrected chi connectivity index (χ1v) is 5.57. The highest BCUT2D eigenvalue weighted by molar-refractivity contribution is 5.11. The molecular weight excluding hydrogens is 188 g/mol. The molecule has 1 heterocycles. The Balaban J connectivity index is 2.00. The zero-order valence-electron chi connectivity index (χ0n) is 8.89. The molecule has 0 saturated heterocycles. The molecule has 0 aliphatic heterocycles. The summed E-state index contributed by atoms with van der Waals surface area (Å²) >= 11 is 0. The molecule has 3 heteroatoms. The third-order valence-corrected chi connectivity index (χ3v) is 3.40. The van der Waals surface area contributed by atoms with E-state index in [2.05, 4.69) is 11.1 Å². The van der Waals surface area contributed by atoms with E-state index in [1.165, 1.54) is 0 Å². The summed E-state index contributed by atoms with van der Waals surface area (Å²) in [6.45, 7) is 0.377. The minimum Gasteiger partial charge on any atom is -0.389 e. The van der Waals surface area contributed by atoms with Crippen LogP contribution in [-0.2, 0) is 0 Å². The van der Waals surface area contributed by atoms with Gasteiger partial charge in [-0.1, -0.05) is 6.07 Å². The normalized spacial score (nSPS) is 31.5. The summed E-state index contributed by atoms with van der Waals surface area (Å²) in [7, 11) is 0. The summed E-state index contributed by atoms with van der Waals surface area (Å²) in [5.41, 5.74) is 6.09. The van der Waals surface area contributed by atoms with Gasteiger partial charge in [-0.25, -0.2) is 0 Å². The average molecular weight is 206 g/mol. The average Bonchev–Trinajstić information content (AvgIpc) is 2.31. The number of aliphatic hydroxyl groups is 1. The van der Waals surface area contributed by atoms with Crippen LogP contribution in [0, 0.1) is 0 Å². The Bertz CT molecular complexity index is 305. The molecule has 1 saturated carbocycles. The molecule has 3 N–H and O–H groups in total. The van der Waals surface area contributed by atoms with E-state index < -0.39 is 5.60 Å². The standard InChI is InChI=1S/C12H18N2O/c13-9-12(15)6-4-10(5-7-12)11-3-1-2-8-14-11/h1-3,8,10,15H,4-7,9,13H2. The third-order valence-electron chi connectivity index (χ3n) is 3.40. The molecule has 0 amide bonds. The van der Waals surface area contributed by atoms with Gasteiger partial charge < -0.3 is 10.8 Å². The molecule has 1 aromatic rings.